The van der Waals surface area contributed by atoms with Gasteiger partial charge in [0.2, 0.25) is 18.1 Å². The van der Waals surface area contributed by atoms with Crippen LogP contribution in [0.1, 0.15) is 0 Å². The molecule has 0 aromatic carbocycles. The number of alkyl halides is 1. The quantitative estimate of drug-likeness (QED) is 0.651. The molecule has 1 unspecified atom stereocenters. The molecule has 1 aromatic rings. The lowest BCUT2D eigenvalue weighted by Crippen LogP contribution is -2.25. The highest BCUT2D eigenvalue weighted by atomic mass is 35.5. The van der Waals surface area contributed by atoms with Crippen LogP contribution in [0.25, 0.3) is 0 Å². The molecule has 10 heteroatoms. The second-order valence-electron chi connectivity index (χ2n) is 2.86. The summed E-state index contributed by atoms with van der Waals surface area (Å²) >= 11 is 5.21. The van der Waals surface area contributed by atoms with Crippen molar-refractivity contribution in [3.8, 4) is 0 Å². The van der Waals surface area contributed by atoms with Gasteiger partial charge in [0.1, 0.15) is 0 Å². The lowest BCUT2D eigenvalue weighted by Gasteiger charge is -2.00. The molecule has 96 valence electrons. The number of hydrogen-bond donors (Lipinski definition) is 2. The predicted molar refractivity (Wildman–Crippen MR) is 61.4 cm³/mol. The van der Waals surface area contributed by atoms with Crippen molar-refractivity contribution in [2.75, 3.05) is 5.73 Å². The van der Waals surface area contributed by atoms with E-state index in [0.29, 0.717) is 0 Å². The number of anilines is 1. The minimum absolute atomic E-state index is 0.0265. The summed E-state index contributed by atoms with van der Waals surface area (Å²) in [5.74, 6) is -1.76. The van der Waals surface area contributed by atoms with Crippen LogP contribution < -0.4 is 11.5 Å². The highest BCUT2D eigenvalue weighted by Gasteiger charge is 2.17. The third-order valence-corrected chi connectivity index (χ3v) is 1.78. The lowest BCUT2D eigenvalue weighted by atomic mass is 10.4. The summed E-state index contributed by atoms with van der Waals surface area (Å²) in [5, 5.41) is -0.248. The number of halogens is 3. The van der Waals surface area contributed by atoms with Crippen LogP contribution in [0.5, 0.6) is 0 Å². The molecule has 0 aliphatic carbocycles. The second kappa shape index (κ2) is 5.96. The fourth-order valence-electron chi connectivity index (χ4n) is 0.768. The fraction of sp³-hybridized carbons (Fsp3) is 0.125. The van der Waals surface area contributed by atoms with Gasteiger partial charge in [-0.2, -0.15) is 9.98 Å². The summed E-state index contributed by atoms with van der Waals surface area (Å²) in [6, 6.07) is 0. The summed E-state index contributed by atoms with van der Waals surface area (Å²) in [6.07, 6.45) is 0.0345. The van der Waals surface area contributed by atoms with Gasteiger partial charge in [-0.3, -0.25) is 4.79 Å². The first-order valence-electron chi connectivity index (χ1n) is 4.40. The molecule has 1 aliphatic heterocycles. The van der Waals surface area contributed by atoms with Crippen LogP contribution in [0.2, 0.25) is 5.15 Å². The molecule has 0 bridgehead atoms. The molecule has 1 aromatic heterocycles. The van der Waals surface area contributed by atoms with Crippen molar-refractivity contribution in [2.24, 2.45) is 15.7 Å². The first-order chi connectivity index (χ1) is 8.40. The molecule has 18 heavy (non-hydrogen) atoms. The van der Waals surface area contributed by atoms with Crippen molar-refractivity contribution >= 4 is 35.6 Å². The van der Waals surface area contributed by atoms with Gasteiger partial charge in [0.15, 0.2) is 11.0 Å². The Morgan fingerprint density at radius 3 is 2.50 bits per heavy atom. The monoisotopic (exact) mass is 276 g/mol. The Hall–Kier alpha value is -2.16. The number of carbonyl (C=O) groups is 1. The Morgan fingerprint density at radius 2 is 2.06 bits per heavy atom. The second-order valence-corrected chi connectivity index (χ2v) is 3.21. The molecule has 0 spiro atoms. The first kappa shape index (κ1) is 13.9. The van der Waals surface area contributed by atoms with Gasteiger partial charge < -0.3 is 11.5 Å². The van der Waals surface area contributed by atoms with Crippen LogP contribution in [0.15, 0.2) is 16.2 Å². The number of guanidine groups is 1. The van der Waals surface area contributed by atoms with Crippen LogP contribution in [0.3, 0.4) is 0 Å². The molecule has 7 nitrogen and oxygen atoms in total. The van der Waals surface area contributed by atoms with E-state index < -0.39 is 17.9 Å². The molecular formula is C8H7ClF2N6O. The Kier molecular flexibility index (Phi) is 4.60. The maximum Gasteiger partial charge on any atom is 0.289 e. The van der Waals surface area contributed by atoms with Crippen molar-refractivity contribution in [1.29, 1.82) is 0 Å². The van der Waals surface area contributed by atoms with E-state index in [1.807, 2.05) is 0 Å². The average molecular weight is 277 g/mol. The number of nitrogens with two attached hydrogens (primary N) is 2. The smallest absolute Gasteiger partial charge is 0.289 e. The number of rotatable bonds is 0. The van der Waals surface area contributed by atoms with Crippen molar-refractivity contribution in [1.82, 2.24) is 9.97 Å². The molecule has 2 rings (SSSR count). The molecule has 0 fully saturated rings. The minimum atomic E-state index is -1.71. The van der Waals surface area contributed by atoms with E-state index in [9.17, 15) is 13.6 Å². The highest BCUT2D eigenvalue weighted by molar-refractivity contribution is 6.29. The summed E-state index contributed by atoms with van der Waals surface area (Å²) in [7, 11) is 0. The van der Waals surface area contributed by atoms with Crippen LogP contribution in [-0.4, -0.2) is 34.2 Å². The number of hydrogen-bond acceptors (Lipinski definition) is 6. The molecule has 2 heterocycles. The van der Waals surface area contributed by atoms with Gasteiger partial charge in [0.25, 0.3) is 5.91 Å². The van der Waals surface area contributed by atoms with Gasteiger partial charge in [0.05, 0.1) is 12.4 Å². The summed E-state index contributed by atoms with van der Waals surface area (Å²) in [5.41, 5.74) is 10.0. The van der Waals surface area contributed by atoms with Crippen molar-refractivity contribution in [3.05, 3.63) is 17.2 Å². The summed E-state index contributed by atoms with van der Waals surface area (Å²) < 4.78 is 24.3. The van der Waals surface area contributed by atoms with Crippen LogP contribution in [0, 0.1) is 5.82 Å². The van der Waals surface area contributed by atoms with Crippen molar-refractivity contribution < 1.29 is 13.6 Å². The van der Waals surface area contributed by atoms with E-state index in [1.54, 1.807) is 0 Å². The molecule has 1 amide bonds. The van der Waals surface area contributed by atoms with E-state index in [1.165, 1.54) is 0 Å². The topological polar surface area (TPSA) is 120 Å². The van der Waals surface area contributed by atoms with E-state index in [4.69, 9.17) is 23.1 Å². The number of aliphatic imine (C=N–C) groups is 2. The van der Waals surface area contributed by atoms with E-state index in [2.05, 4.69) is 20.0 Å². The standard InChI is InChI=1S/C4H3ClFN3.C4H4FN3O/c5-3-2(6)1-8-4(7)9-3;5-2-1-7-4(6)8-3(2)9/h1H,(H2,7,8,9);1-2H,(H2,6,8,9). The largest absolute Gasteiger partial charge is 0.368 e. The van der Waals surface area contributed by atoms with Crippen molar-refractivity contribution in [2.45, 2.75) is 6.17 Å². The van der Waals surface area contributed by atoms with Gasteiger partial charge in [-0.15, -0.1) is 0 Å². The number of carbonyl (C=O) groups excluding carboxylic acids is 1. The minimum Gasteiger partial charge on any atom is -0.368 e. The highest BCUT2D eigenvalue weighted by Crippen LogP contribution is 2.08. The molecule has 0 radical (unpaired) electrons. The maximum absolute atomic E-state index is 12.2. The molecule has 4 N–H and O–H groups in total. The van der Waals surface area contributed by atoms with Gasteiger partial charge in [-0.05, 0) is 0 Å². The molecule has 0 saturated heterocycles. The Bertz CT molecular complexity index is 520. The van der Waals surface area contributed by atoms with Gasteiger partial charge >= 0.3 is 0 Å². The Balaban J connectivity index is 0.000000180. The van der Waals surface area contributed by atoms with Gasteiger partial charge in [-0.25, -0.2) is 18.8 Å². The Labute approximate surface area is 105 Å². The Morgan fingerprint density at radius 1 is 1.39 bits per heavy atom. The molecule has 1 atom stereocenters. The maximum atomic E-state index is 12.2. The molecular weight excluding hydrogens is 270 g/mol. The SMILES string of the molecule is NC1=NC(=O)C(F)C=N1.Nc1ncc(F)c(Cl)n1. The first-order valence-corrected chi connectivity index (χ1v) is 4.77. The zero-order valence-electron chi connectivity index (χ0n) is 8.72. The van der Waals surface area contributed by atoms with Gasteiger partial charge in [-0.1, -0.05) is 11.6 Å². The van der Waals surface area contributed by atoms with Crippen molar-refractivity contribution in [3.63, 3.8) is 0 Å². The predicted octanol–water partition coefficient (Wildman–Crippen LogP) is 0.101. The summed E-state index contributed by atoms with van der Waals surface area (Å²) in [4.78, 5) is 23.3. The zero-order valence-corrected chi connectivity index (χ0v) is 9.47. The number of nitrogen functional groups attached to an aromatic ring is 1. The summed E-state index contributed by atoms with van der Waals surface area (Å²) in [6.45, 7) is 0. The van der Waals surface area contributed by atoms with Crippen LogP contribution in [-0.2, 0) is 4.79 Å². The van der Waals surface area contributed by atoms with E-state index in [-0.39, 0.29) is 17.1 Å². The van der Waals surface area contributed by atoms with Crippen LogP contribution in [0.4, 0.5) is 14.7 Å². The number of amides is 1. The normalized spacial score (nSPS) is 17.8. The zero-order chi connectivity index (χ0) is 13.7. The van der Waals surface area contributed by atoms with Gasteiger partial charge in [0, 0.05) is 0 Å². The third-order valence-electron chi connectivity index (χ3n) is 1.52. The molecule has 0 saturated carbocycles. The van der Waals surface area contributed by atoms with E-state index >= 15 is 0 Å². The lowest BCUT2D eigenvalue weighted by molar-refractivity contribution is -0.120. The van der Waals surface area contributed by atoms with Crippen LogP contribution >= 0.6 is 11.6 Å². The average Bonchev–Trinajstić information content (AvgIpc) is 2.30. The van der Waals surface area contributed by atoms with E-state index in [0.717, 1.165) is 12.4 Å². The third kappa shape index (κ3) is 4.01. The number of nitrogens with zero attached hydrogens (tertiary/aromatic N) is 4. The number of aromatic nitrogens is 2. The molecule has 1 aliphatic rings. The fourth-order valence-corrected chi connectivity index (χ4v) is 0.903.